The Hall–Kier alpha value is -2.77. The molecule has 186 valence electrons. The number of likely N-dealkylation sites (tertiary alicyclic amines) is 2. The fraction of sp³-hybridized carbons (Fsp3) is 0.536. The molecule has 1 aromatic heterocycles. The van der Waals surface area contributed by atoms with Crippen molar-refractivity contribution < 1.29 is 14.3 Å². The fourth-order valence-corrected chi connectivity index (χ4v) is 5.96. The lowest BCUT2D eigenvalue weighted by Gasteiger charge is -2.26. The number of fused-ring (bicyclic) bond motifs is 1. The quantitative estimate of drug-likeness (QED) is 0.665. The first-order valence-corrected chi connectivity index (χ1v) is 12.9. The standard InChI is InChI=1S/C28H36N4O3/c1-19-8-11-29-20(2)26(19)28(34)32-16-23-14-31(15-24(23)17-32)12-9-25(21-6-4-3-5-7-21)30-27(33)22-10-13-35-18-22/h3-8,11,22-25H,9-10,12-18H2,1-2H3,(H,30,33)/t22-,23?,24?,25+/m1/s1. The van der Waals surface area contributed by atoms with E-state index >= 15 is 0 Å². The fourth-order valence-electron chi connectivity index (χ4n) is 5.96. The van der Waals surface area contributed by atoms with Crippen LogP contribution in [0.2, 0.25) is 0 Å². The molecule has 4 heterocycles. The molecule has 2 aromatic rings. The van der Waals surface area contributed by atoms with Crippen LogP contribution in [0.5, 0.6) is 0 Å². The van der Waals surface area contributed by atoms with Crippen LogP contribution in [0.4, 0.5) is 0 Å². The number of aryl methyl sites for hydroxylation is 2. The highest BCUT2D eigenvalue weighted by Crippen LogP contribution is 2.33. The van der Waals surface area contributed by atoms with Gasteiger partial charge < -0.3 is 19.9 Å². The van der Waals surface area contributed by atoms with E-state index in [4.69, 9.17) is 4.74 Å². The van der Waals surface area contributed by atoms with E-state index in [0.29, 0.717) is 25.0 Å². The minimum absolute atomic E-state index is 0.000604. The molecule has 0 bridgehead atoms. The third-order valence-corrected chi connectivity index (χ3v) is 7.96. The average molecular weight is 477 g/mol. The van der Waals surface area contributed by atoms with Gasteiger partial charge in [-0.1, -0.05) is 30.3 Å². The Bertz CT molecular complexity index is 1020. The number of aromatic nitrogens is 1. The maximum Gasteiger partial charge on any atom is 0.255 e. The summed E-state index contributed by atoms with van der Waals surface area (Å²) in [7, 11) is 0. The predicted molar refractivity (Wildman–Crippen MR) is 134 cm³/mol. The molecule has 2 unspecified atom stereocenters. The monoisotopic (exact) mass is 476 g/mol. The summed E-state index contributed by atoms with van der Waals surface area (Å²) in [6, 6.07) is 12.2. The molecule has 0 aliphatic carbocycles. The molecule has 7 nitrogen and oxygen atoms in total. The molecule has 1 N–H and O–H groups in total. The van der Waals surface area contributed by atoms with Gasteiger partial charge in [0, 0.05) is 45.5 Å². The highest BCUT2D eigenvalue weighted by atomic mass is 16.5. The number of nitrogens with zero attached hydrogens (tertiary/aromatic N) is 3. The smallest absolute Gasteiger partial charge is 0.255 e. The lowest BCUT2D eigenvalue weighted by atomic mass is 10.0. The van der Waals surface area contributed by atoms with E-state index in [9.17, 15) is 9.59 Å². The number of ether oxygens (including phenoxy) is 1. The topological polar surface area (TPSA) is 74.8 Å². The highest BCUT2D eigenvalue weighted by Gasteiger charge is 2.42. The third-order valence-electron chi connectivity index (χ3n) is 7.96. The summed E-state index contributed by atoms with van der Waals surface area (Å²) in [5.74, 6) is 1.21. The second-order valence-electron chi connectivity index (χ2n) is 10.4. The van der Waals surface area contributed by atoms with Crippen molar-refractivity contribution >= 4 is 11.8 Å². The largest absolute Gasteiger partial charge is 0.381 e. The molecule has 35 heavy (non-hydrogen) atoms. The first-order chi connectivity index (χ1) is 17.0. The summed E-state index contributed by atoms with van der Waals surface area (Å²) >= 11 is 0. The van der Waals surface area contributed by atoms with Gasteiger partial charge in [0.05, 0.1) is 29.8 Å². The van der Waals surface area contributed by atoms with E-state index in [1.165, 1.54) is 0 Å². The van der Waals surface area contributed by atoms with Crippen LogP contribution in [0.15, 0.2) is 42.6 Å². The van der Waals surface area contributed by atoms with Crippen molar-refractivity contribution in [2.24, 2.45) is 17.8 Å². The van der Waals surface area contributed by atoms with Crippen molar-refractivity contribution in [2.45, 2.75) is 32.7 Å². The van der Waals surface area contributed by atoms with Gasteiger partial charge in [-0.2, -0.15) is 0 Å². The lowest BCUT2D eigenvalue weighted by molar-refractivity contribution is -0.125. The van der Waals surface area contributed by atoms with E-state index in [2.05, 4.69) is 27.3 Å². The van der Waals surface area contributed by atoms with Gasteiger partial charge in [0.1, 0.15) is 0 Å². The number of hydrogen-bond acceptors (Lipinski definition) is 5. The molecule has 3 aliphatic heterocycles. The number of carbonyl (C=O) groups excluding carboxylic acids is 2. The molecule has 5 rings (SSSR count). The summed E-state index contributed by atoms with van der Waals surface area (Å²) < 4.78 is 5.42. The molecule has 0 spiro atoms. The number of hydrogen-bond donors (Lipinski definition) is 1. The Labute approximate surface area is 207 Å². The maximum absolute atomic E-state index is 13.2. The Morgan fingerprint density at radius 2 is 1.83 bits per heavy atom. The van der Waals surface area contributed by atoms with Crippen LogP contribution in [0.25, 0.3) is 0 Å². The van der Waals surface area contributed by atoms with Crippen molar-refractivity contribution in [1.29, 1.82) is 0 Å². The van der Waals surface area contributed by atoms with Gasteiger partial charge >= 0.3 is 0 Å². The van der Waals surface area contributed by atoms with E-state index in [-0.39, 0.29) is 23.8 Å². The van der Waals surface area contributed by atoms with Crippen molar-refractivity contribution in [3.63, 3.8) is 0 Å². The van der Waals surface area contributed by atoms with Crippen LogP contribution in [-0.2, 0) is 9.53 Å². The van der Waals surface area contributed by atoms with E-state index < -0.39 is 0 Å². The SMILES string of the molecule is Cc1ccnc(C)c1C(=O)N1CC2CN(CC[C@H](NC(=O)[C@@H]3CCOC3)c3ccccc3)CC2C1. The molecular weight excluding hydrogens is 440 g/mol. The number of carbonyl (C=O) groups is 2. The number of amides is 2. The van der Waals surface area contributed by atoms with Gasteiger partial charge in [-0.25, -0.2) is 0 Å². The molecule has 3 fully saturated rings. The van der Waals surface area contributed by atoms with E-state index in [1.54, 1.807) is 6.20 Å². The zero-order chi connectivity index (χ0) is 24.4. The molecule has 1 aromatic carbocycles. The lowest BCUT2D eigenvalue weighted by Crippen LogP contribution is -2.37. The zero-order valence-electron chi connectivity index (χ0n) is 20.8. The number of pyridine rings is 1. The first-order valence-electron chi connectivity index (χ1n) is 12.9. The van der Waals surface area contributed by atoms with Gasteiger partial charge in [0.15, 0.2) is 0 Å². The van der Waals surface area contributed by atoms with Crippen LogP contribution >= 0.6 is 0 Å². The molecule has 3 aliphatic rings. The third kappa shape index (κ3) is 5.26. The number of benzene rings is 1. The summed E-state index contributed by atoms with van der Waals surface area (Å²) in [6.45, 7) is 9.67. The Kier molecular flexibility index (Phi) is 7.16. The average Bonchev–Trinajstić information content (AvgIpc) is 3.59. The normalized spacial score (nSPS) is 25.0. The maximum atomic E-state index is 13.2. The molecular formula is C28H36N4O3. The summed E-state index contributed by atoms with van der Waals surface area (Å²) in [4.78, 5) is 34.9. The number of nitrogens with one attached hydrogen (secondary N) is 1. The molecule has 0 radical (unpaired) electrons. The van der Waals surface area contributed by atoms with Crippen LogP contribution in [0.3, 0.4) is 0 Å². The van der Waals surface area contributed by atoms with Crippen molar-refractivity contribution in [1.82, 2.24) is 20.1 Å². The van der Waals surface area contributed by atoms with Crippen LogP contribution in [0.1, 0.15) is 46.1 Å². The van der Waals surface area contributed by atoms with Crippen molar-refractivity contribution in [3.05, 3.63) is 65.0 Å². The van der Waals surface area contributed by atoms with Crippen LogP contribution in [-0.4, -0.2) is 72.5 Å². The predicted octanol–water partition coefficient (Wildman–Crippen LogP) is 2.99. The van der Waals surface area contributed by atoms with Gasteiger partial charge in [0.2, 0.25) is 5.91 Å². The Balaban J connectivity index is 1.17. The second-order valence-corrected chi connectivity index (χ2v) is 10.4. The van der Waals surface area contributed by atoms with Gasteiger partial charge in [0.25, 0.3) is 5.91 Å². The second kappa shape index (κ2) is 10.5. The van der Waals surface area contributed by atoms with Gasteiger partial charge in [-0.3, -0.25) is 14.6 Å². The first kappa shape index (κ1) is 23.9. The van der Waals surface area contributed by atoms with Gasteiger partial charge in [-0.05, 0) is 55.7 Å². The van der Waals surface area contributed by atoms with Crippen molar-refractivity contribution in [3.8, 4) is 0 Å². The summed E-state index contributed by atoms with van der Waals surface area (Å²) in [6.07, 6.45) is 3.44. The highest BCUT2D eigenvalue weighted by molar-refractivity contribution is 5.96. The van der Waals surface area contributed by atoms with Crippen molar-refractivity contribution in [2.75, 3.05) is 45.9 Å². The van der Waals surface area contributed by atoms with Crippen LogP contribution < -0.4 is 5.32 Å². The van der Waals surface area contributed by atoms with Gasteiger partial charge in [-0.15, -0.1) is 0 Å². The minimum Gasteiger partial charge on any atom is -0.381 e. The summed E-state index contributed by atoms with van der Waals surface area (Å²) in [5.41, 5.74) is 3.72. The zero-order valence-corrected chi connectivity index (χ0v) is 20.8. The van der Waals surface area contributed by atoms with E-state index in [1.807, 2.05) is 43.0 Å². The molecule has 0 saturated carbocycles. The van der Waals surface area contributed by atoms with E-state index in [0.717, 1.165) is 67.9 Å². The summed E-state index contributed by atoms with van der Waals surface area (Å²) in [5, 5.41) is 3.30. The molecule has 2 amide bonds. The number of rotatable bonds is 7. The minimum atomic E-state index is -0.0389. The molecule has 3 saturated heterocycles. The Morgan fingerprint density at radius 3 is 2.49 bits per heavy atom. The Morgan fingerprint density at radius 1 is 1.09 bits per heavy atom. The molecule has 7 heteroatoms. The van der Waals surface area contributed by atoms with Crippen LogP contribution in [0, 0.1) is 31.6 Å². The molecule has 4 atom stereocenters.